The quantitative estimate of drug-likeness (QED) is 0.308. The zero-order valence-corrected chi connectivity index (χ0v) is 23.8. The van der Waals surface area contributed by atoms with Crippen molar-refractivity contribution in [2.24, 2.45) is 0 Å². The number of benzene rings is 1. The van der Waals surface area contributed by atoms with Crippen LogP contribution in [0.2, 0.25) is 0 Å². The van der Waals surface area contributed by atoms with E-state index in [1.54, 1.807) is 0 Å². The number of nitrogens with one attached hydrogen (secondary N) is 1. The van der Waals surface area contributed by atoms with Gasteiger partial charge in [0.25, 0.3) is 10.0 Å². The van der Waals surface area contributed by atoms with E-state index < -0.39 is 51.1 Å². The maximum absolute atomic E-state index is 13.9. The van der Waals surface area contributed by atoms with Crippen LogP contribution in [0.5, 0.6) is 5.75 Å². The van der Waals surface area contributed by atoms with Crippen LogP contribution in [0.3, 0.4) is 0 Å². The average Bonchev–Trinajstić information content (AvgIpc) is 3.50. The number of thiazole rings is 1. The van der Waals surface area contributed by atoms with Crippen LogP contribution in [0, 0.1) is 6.92 Å². The van der Waals surface area contributed by atoms with Crippen LogP contribution in [0.15, 0.2) is 40.7 Å². The van der Waals surface area contributed by atoms with Gasteiger partial charge in [-0.1, -0.05) is 23.5 Å². The predicted molar refractivity (Wildman–Crippen MR) is 141 cm³/mol. The molecule has 1 aliphatic rings. The minimum Gasteiger partial charge on any atom is -0.404 e. The molecule has 1 amide bonds. The number of ether oxygens (including phenoxy) is 1. The van der Waals surface area contributed by atoms with Gasteiger partial charge in [0, 0.05) is 31.7 Å². The van der Waals surface area contributed by atoms with Crippen LogP contribution >= 0.6 is 11.3 Å². The van der Waals surface area contributed by atoms with Crippen LogP contribution < -0.4 is 10.1 Å². The summed E-state index contributed by atoms with van der Waals surface area (Å²) in [5, 5.41) is 5.74. The number of amides is 1. The molecule has 0 aliphatic carbocycles. The molecule has 1 saturated heterocycles. The molecule has 11 nitrogen and oxygen atoms in total. The Labute approximate surface area is 243 Å². The molecule has 1 aromatic carbocycles. The van der Waals surface area contributed by atoms with Crippen molar-refractivity contribution >= 4 is 38.2 Å². The normalized spacial score (nSPS) is 15.6. The molecule has 4 heterocycles. The number of aryl methyl sites for hydroxylation is 1. The highest BCUT2D eigenvalue weighted by Crippen LogP contribution is 2.36. The number of fused-ring (bicyclic) bond motifs is 1. The van der Waals surface area contributed by atoms with Crippen molar-refractivity contribution in [3.8, 4) is 17.0 Å². The first-order chi connectivity index (χ1) is 20.0. The molecule has 1 N–H and O–H groups in total. The molecule has 1 aliphatic heterocycles. The number of hydrogen-bond acceptors (Lipinski definition) is 9. The summed E-state index contributed by atoms with van der Waals surface area (Å²) in [6, 6.07) is 3.93. The van der Waals surface area contributed by atoms with Gasteiger partial charge in [0.2, 0.25) is 0 Å². The van der Waals surface area contributed by atoms with Gasteiger partial charge in [0.05, 0.1) is 23.1 Å². The van der Waals surface area contributed by atoms with Gasteiger partial charge in [0.15, 0.2) is 26.4 Å². The first-order valence-corrected chi connectivity index (χ1v) is 14.6. The molecule has 230 valence electrons. The van der Waals surface area contributed by atoms with Crippen LogP contribution in [0.1, 0.15) is 17.0 Å². The standard InChI is InChI=1S/C24H21F6N7O4S2/c1-13-20(43(39,40)36-9-7-35(2)8-10-36)42-21(32-13)34-22(38)41-17-12-31-37-18(24(28,29)30)11-16(33-19(17)37)14-3-5-15(6-4-14)23(25,26)27/h3-6,11-12H,7-10H2,1-2H3,(H,32,34,38). The number of anilines is 1. The molecular weight excluding hydrogens is 628 g/mol. The fraction of sp³-hybridized carbons (Fsp3) is 0.333. The van der Waals surface area contributed by atoms with Gasteiger partial charge in [-0.3, -0.25) is 5.32 Å². The van der Waals surface area contributed by atoms with E-state index in [-0.39, 0.29) is 39.4 Å². The smallest absolute Gasteiger partial charge is 0.404 e. The number of likely N-dealkylation sites (N-methyl/N-ethyl adjacent to an activating group) is 1. The molecule has 0 saturated carbocycles. The number of sulfonamides is 1. The number of rotatable bonds is 5. The third-order valence-corrected chi connectivity index (χ3v) is 10.00. The average molecular weight is 650 g/mol. The van der Waals surface area contributed by atoms with Crippen molar-refractivity contribution in [1.82, 2.24) is 28.8 Å². The van der Waals surface area contributed by atoms with E-state index in [0.717, 1.165) is 18.3 Å². The van der Waals surface area contributed by atoms with E-state index in [9.17, 15) is 39.6 Å². The second kappa shape index (κ2) is 11.0. The summed E-state index contributed by atoms with van der Waals surface area (Å²) in [5.41, 5.74) is -3.16. The van der Waals surface area contributed by atoms with Crippen LogP contribution in [-0.2, 0) is 22.4 Å². The number of aromatic nitrogens is 4. The topological polar surface area (TPSA) is 122 Å². The monoisotopic (exact) mass is 649 g/mol. The summed E-state index contributed by atoms with van der Waals surface area (Å²) in [5.74, 6) is -0.504. The molecule has 43 heavy (non-hydrogen) atoms. The van der Waals surface area contributed by atoms with Gasteiger partial charge >= 0.3 is 18.4 Å². The van der Waals surface area contributed by atoms with Crippen molar-refractivity contribution in [3.63, 3.8) is 0 Å². The highest BCUT2D eigenvalue weighted by atomic mass is 32.2. The first-order valence-electron chi connectivity index (χ1n) is 12.3. The number of hydrogen-bond donors (Lipinski definition) is 1. The Morgan fingerprint density at radius 3 is 2.26 bits per heavy atom. The van der Waals surface area contributed by atoms with Gasteiger partial charge in [-0.2, -0.15) is 35.7 Å². The Kier molecular flexibility index (Phi) is 7.86. The molecule has 0 atom stereocenters. The fourth-order valence-corrected chi connectivity index (χ4v) is 7.19. The second-order valence-electron chi connectivity index (χ2n) is 9.46. The summed E-state index contributed by atoms with van der Waals surface area (Å²) < 4.78 is 113. The van der Waals surface area contributed by atoms with Crippen LogP contribution in [-0.4, -0.2) is 76.5 Å². The summed E-state index contributed by atoms with van der Waals surface area (Å²) in [4.78, 5) is 22.8. The third kappa shape index (κ3) is 6.29. The number of piperazine rings is 1. The van der Waals surface area contributed by atoms with Crippen molar-refractivity contribution in [3.05, 3.63) is 53.5 Å². The van der Waals surface area contributed by atoms with Crippen molar-refractivity contribution in [1.29, 1.82) is 0 Å². The molecule has 0 unspecified atom stereocenters. The summed E-state index contributed by atoms with van der Waals surface area (Å²) in [6.45, 7) is 3.08. The lowest BCUT2D eigenvalue weighted by Gasteiger charge is -2.31. The Morgan fingerprint density at radius 1 is 1.00 bits per heavy atom. The van der Waals surface area contributed by atoms with Crippen molar-refractivity contribution in [2.45, 2.75) is 23.5 Å². The number of alkyl halides is 6. The zero-order chi connectivity index (χ0) is 31.3. The van der Waals surface area contributed by atoms with Crippen LogP contribution in [0.4, 0.5) is 36.3 Å². The number of nitrogens with zero attached hydrogens (tertiary/aromatic N) is 6. The Bertz CT molecular complexity index is 1780. The predicted octanol–water partition coefficient (Wildman–Crippen LogP) is 4.75. The molecular formula is C24H21F6N7O4S2. The highest BCUT2D eigenvalue weighted by Gasteiger charge is 2.37. The van der Waals surface area contributed by atoms with Crippen molar-refractivity contribution < 1.29 is 44.3 Å². The Balaban J connectivity index is 1.41. The Hall–Kier alpha value is -3.81. The minimum absolute atomic E-state index is 0.0649. The summed E-state index contributed by atoms with van der Waals surface area (Å²) in [6.07, 6.45) is -10.0. The lowest BCUT2D eigenvalue weighted by molar-refractivity contribution is -0.142. The van der Waals surface area contributed by atoms with Gasteiger partial charge in [0.1, 0.15) is 0 Å². The van der Waals surface area contributed by atoms with E-state index in [4.69, 9.17) is 4.74 Å². The number of halogens is 6. The van der Waals surface area contributed by atoms with E-state index in [1.165, 1.54) is 11.2 Å². The molecule has 4 aromatic rings. The molecule has 19 heteroatoms. The van der Waals surface area contributed by atoms with Gasteiger partial charge in [-0.05, 0) is 32.2 Å². The molecule has 0 radical (unpaired) electrons. The van der Waals surface area contributed by atoms with E-state index in [0.29, 0.717) is 47.1 Å². The Morgan fingerprint density at radius 2 is 1.65 bits per heavy atom. The molecule has 3 aromatic heterocycles. The molecule has 0 spiro atoms. The number of carbonyl (C=O) groups excluding carboxylic acids is 1. The summed E-state index contributed by atoms with van der Waals surface area (Å²) in [7, 11) is -2.02. The highest BCUT2D eigenvalue weighted by molar-refractivity contribution is 7.91. The zero-order valence-electron chi connectivity index (χ0n) is 22.2. The minimum atomic E-state index is -4.96. The number of carbonyl (C=O) groups is 1. The molecule has 0 bridgehead atoms. The second-order valence-corrected chi connectivity index (χ2v) is 12.6. The van der Waals surface area contributed by atoms with E-state index in [2.05, 4.69) is 20.4 Å². The molecule has 1 fully saturated rings. The van der Waals surface area contributed by atoms with Gasteiger partial charge in [-0.25, -0.2) is 27.7 Å². The van der Waals surface area contributed by atoms with Crippen LogP contribution in [0.25, 0.3) is 16.9 Å². The van der Waals surface area contributed by atoms with E-state index in [1.807, 2.05) is 11.9 Å². The third-order valence-electron chi connectivity index (χ3n) is 6.44. The SMILES string of the molecule is Cc1nc(NC(=O)Oc2cnn3c(C(F)(F)F)cc(-c4ccc(C(F)(F)F)cc4)nc23)sc1S(=O)(=O)N1CCN(C)CC1. The maximum atomic E-state index is 13.9. The summed E-state index contributed by atoms with van der Waals surface area (Å²) >= 11 is 0.682. The van der Waals surface area contributed by atoms with Crippen molar-refractivity contribution in [2.75, 3.05) is 38.5 Å². The largest absolute Gasteiger partial charge is 0.433 e. The van der Waals surface area contributed by atoms with Gasteiger partial charge in [-0.15, -0.1) is 0 Å². The maximum Gasteiger partial charge on any atom is 0.433 e. The lowest BCUT2D eigenvalue weighted by Crippen LogP contribution is -2.46. The van der Waals surface area contributed by atoms with E-state index >= 15 is 0 Å². The van der Waals surface area contributed by atoms with Gasteiger partial charge < -0.3 is 9.64 Å². The molecule has 5 rings (SSSR count). The first kappa shape index (κ1) is 30.6. The fourth-order valence-electron chi connectivity index (χ4n) is 4.23. The lowest BCUT2D eigenvalue weighted by atomic mass is 10.1.